The number of hydrogen-bond acceptors (Lipinski definition) is 1. The smallest absolute Gasteiger partial charge is 0.317 e. The minimum absolute atomic E-state index is 0.194. The first kappa shape index (κ1) is 14.6. The van der Waals surface area contributed by atoms with Crippen molar-refractivity contribution >= 4 is 6.03 Å². The Hall–Kier alpha value is -0.730. The van der Waals surface area contributed by atoms with Gasteiger partial charge in [-0.15, -0.1) is 0 Å². The van der Waals surface area contributed by atoms with Crippen molar-refractivity contribution in [3.63, 3.8) is 0 Å². The highest BCUT2D eigenvalue weighted by Gasteiger charge is 2.56. The Kier molecular flexibility index (Phi) is 3.26. The predicted molar refractivity (Wildman–Crippen MR) is 90.9 cm³/mol. The molecule has 0 aromatic rings. The van der Waals surface area contributed by atoms with Gasteiger partial charge in [0.25, 0.3) is 0 Å². The van der Waals surface area contributed by atoms with E-state index in [1.54, 1.807) is 32.1 Å². The van der Waals surface area contributed by atoms with Gasteiger partial charge in [-0.1, -0.05) is 13.8 Å². The number of rotatable bonds is 4. The molecule has 1 heterocycles. The van der Waals surface area contributed by atoms with Gasteiger partial charge in [0.2, 0.25) is 0 Å². The standard InChI is InChI=1S/C20H32N2O/c1-11(2)18-9-21-20(23)22(18)10-16-8-17(16)19-14-4-12-3-13(6-14)7-15(19)5-12/h11-19H,3-10H2,1-2H3,(H,21,23). The molecule has 1 aliphatic heterocycles. The molecule has 0 aromatic carbocycles. The fourth-order valence-corrected chi connectivity index (χ4v) is 7.24. The lowest BCUT2D eigenvalue weighted by Crippen LogP contribution is -2.46. The quantitative estimate of drug-likeness (QED) is 0.842. The molecule has 0 radical (unpaired) electrons. The third kappa shape index (κ3) is 2.33. The van der Waals surface area contributed by atoms with Gasteiger partial charge < -0.3 is 10.2 Å². The topological polar surface area (TPSA) is 32.3 Å². The van der Waals surface area contributed by atoms with E-state index in [1.165, 1.54) is 6.42 Å². The Morgan fingerprint density at radius 2 is 1.70 bits per heavy atom. The average molecular weight is 316 g/mol. The zero-order valence-electron chi connectivity index (χ0n) is 14.7. The molecule has 23 heavy (non-hydrogen) atoms. The number of nitrogens with one attached hydrogen (secondary N) is 1. The van der Waals surface area contributed by atoms with Crippen molar-refractivity contribution in [2.45, 2.75) is 58.4 Å². The van der Waals surface area contributed by atoms with Gasteiger partial charge in [0.15, 0.2) is 0 Å². The van der Waals surface area contributed by atoms with Gasteiger partial charge in [-0.05, 0) is 85.9 Å². The summed E-state index contributed by atoms with van der Waals surface area (Å²) in [5, 5.41) is 3.07. The lowest BCUT2D eigenvalue weighted by Gasteiger charge is -2.55. The van der Waals surface area contributed by atoms with E-state index in [0.717, 1.165) is 54.5 Å². The van der Waals surface area contributed by atoms with Crippen LogP contribution in [-0.2, 0) is 0 Å². The van der Waals surface area contributed by atoms with Crippen LogP contribution in [0.1, 0.15) is 52.4 Å². The van der Waals surface area contributed by atoms with Crippen LogP contribution in [-0.4, -0.2) is 30.1 Å². The van der Waals surface area contributed by atoms with Crippen molar-refractivity contribution in [2.24, 2.45) is 47.3 Å². The molecule has 128 valence electrons. The van der Waals surface area contributed by atoms with Crippen LogP contribution in [0.2, 0.25) is 0 Å². The van der Waals surface area contributed by atoms with Crippen molar-refractivity contribution in [3.8, 4) is 0 Å². The van der Waals surface area contributed by atoms with E-state index in [4.69, 9.17) is 0 Å². The molecule has 0 spiro atoms. The first-order chi connectivity index (χ1) is 11.1. The van der Waals surface area contributed by atoms with E-state index >= 15 is 0 Å². The zero-order chi connectivity index (χ0) is 15.7. The van der Waals surface area contributed by atoms with Gasteiger partial charge in [-0.25, -0.2) is 4.79 Å². The maximum Gasteiger partial charge on any atom is 0.317 e. The molecule has 4 bridgehead atoms. The second-order valence-electron chi connectivity index (χ2n) is 9.82. The van der Waals surface area contributed by atoms with Gasteiger partial charge in [-0.2, -0.15) is 0 Å². The monoisotopic (exact) mass is 316 g/mol. The number of amides is 2. The molecule has 6 aliphatic rings. The summed E-state index contributed by atoms with van der Waals surface area (Å²) in [6, 6.07) is 0.613. The molecule has 1 saturated heterocycles. The second-order valence-corrected chi connectivity index (χ2v) is 9.82. The van der Waals surface area contributed by atoms with Crippen molar-refractivity contribution in [1.29, 1.82) is 0 Å². The maximum absolute atomic E-state index is 12.2. The molecule has 0 aromatic heterocycles. The highest BCUT2D eigenvalue weighted by atomic mass is 16.2. The molecule has 1 N–H and O–H groups in total. The fraction of sp³-hybridized carbons (Fsp3) is 0.950. The van der Waals surface area contributed by atoms with Crippen molar-refractivity contribution < 1.29 is 4.79 Å². The summed E-state index contributed by atoms with van der Waals surface area (Å²) in [4.78, 5) is 14.4. The third-order valence-corrected chi connectivity index (χ3v) is 8.10. The number of carbonyl (C=O) groups excluding carboxylic acids is 1. The Bertz CT molecular complexity index is 474. The van der Waals surface area contributed by atoms with Crippen LogP contribution in [0, 0.1) is 47.3 Å². The molecule has 3 nitrogen and oxygen atoms in total. The summed E-state index contributed by atoms with van der Waals surface area (Å²) >= 11 is 0. The van der Waals surface area contributed by atoms with Crippen molar-refractivity contribution in [3.05, 3.63) is 0 Å². The number of hydrogen-bond donors (Lipinski definition) is 1. The van der Waals surface area contributed by atoms with Crippen LogP contribution in [0.4, 0.5) is 4.79 Å². The van der Waals surface area contributed by atoms with E-state index in [2.05, 4.69) is 24.1 Å². The number of carbonyl (C=O) groups is 1. The van der Waals surface area contributed by atoms with Gasteiger partial charge >= 0.3 is 6.03 Å². The first-order valence-corrected chi connectivity index (χ1v) is 10.1. The Morgan fingerprint density at radius 1 is 1.04 bits per heavy atom. The highest BCUT2D eigenvalue weighted by molar-refractivity contribution is 5.77. The second kappa shape index (κ2) is 5.13. The van der Waals surface area contributed by atoms with Crippen LogP contribution in [0.3, 0.4) is 0 Å². The Balaban J connectivity index is 1.25. The highest BCUT2D eigenvalue weighted by Crippen LogP contribution is 2.63. The molecular weight excluding hydrogens is 284 g/mol. The predicted octanol–water partition coefficient (Wildman–Crippen LogP) is 3.74. The van der Waals surface area contributed by atoms with Crippen LogP contribution >= 0.6 is 0 Å². The number of nitrogens with zero attached hydrogens (tertiary/aromatic N) is 1. The van der Waals surface area contributed by atoms with Crippen molar-refractivity contribution in [1.82, 2.24) is 10.2 Å². The number of urea groups is 1. The lowest BCUT2D eigenvalue weighted by molar-refractivity contribution is -0.0482. The Morgan fingerprint density at radius 3 is 2.30 bits per heavy atom. The summed E-state index contributed by atoms with van der Waals surface area (Å²) in [7, 11) is 0. The fourth-order valence-electron chi connectivity index (χ4n) is 7.24. The van der Waals surface area contributed by atoms with Crippen LogP contribution < -0.4 is 5.32 Å². The molecule has 3 unspecified atom stereocenters. The zero-order valence-corrected chi connectivity index (χ0v) is 14.7. The summed E-state index contributed by atoms with van der Waals surface area (Å²) in [6.45, 7) is 6.38. The molecule has 6 fully saturated rings. The normalized spacial score (nSPS) is 50.7. The lowest BCUT2D eigenvalue weighted by atomic mass is 9.51. The van der Waals surface area contributed by atoms with Gasteiger partial charge in [0.1, 0.15) is 0 Å². The summed E-state index contributed by atoms with van der Waals surface area (Å²) in [6.07, 6.45) is 9.12. The first-order valence-electron chi connectivity index (χ1n) is 10.1. The van der Waals surface area contributed by atoms with E-state index in [1.807, 2.05) is 0 Å². The summed E-state index contributed by atoms with van der Waals surface area (Å²) < 4.78 is 0. The van der Waals surface area contributed by atoms with Gasteiger partial charge in [0, 0.05) is 13.1 Å². The summed E-state index contributed by atoms with van der Waals surface area (Å²) in [5.41, 5.74) is 0. The molecule has 6 rings (SSSR count). The SMILES string of the molecule is CC(C)C1CNC(=O)N1CC1CC1C1C2CC3CC(C2)CC1C3. The Labute approximate surface area is 140 Å². The largest absolute Gasteiger partial charge is 0.336 e. The van der Waals surface area contributed by atoms with E-state index < -0.39 is 0 Å². The maximum atomic E-state index is 12.2. The minimum Gasteiger partial charge on any atom is -0.336 e. The van der Waals surface area contributed by atoms with Crippen LogP contribution in [0.5, 0.6) is 0 Å². The van der Waals surface area contributed by atoms with E-state index in [-0.39, 0.29) is 6.03 Å². The molecule has 3 heteroatoms. The van der Waals surface area contributed by atoms with E-state index in [0.29, 0.717) is 12.0 Å². The molecule has 5 saturated carbocycles. The van der Waals surface area contributed by atoms with Crippen LogP contribution in [0.25, 0.3) is 0 Å². The van der Waals surface area contributed by atoms with Gasteiger partial charge in [-0.3, -0.25) is 0 Å². The average Bonchev–Trinajstić information content (AvgIpc) is 3.13. The molecule has 2 amide bonds. The summed E-state index contributed by atoms with van der Waals surface area (Å²) in [5.74, 6) is 7.61. The van der Waals surface area contributed by atoms with Crippen LogP contribution in [0.15, 0.2) is 0 Å². The minimum atomic E-state index is 0.194. The van der Waals surface area contributed by atoms with Crippen molar-refractivity contribution in [2.75, 3.05) is 13.1 Å². The molecular formula is C20H32N2O. The molecule has 5 aliphatic carbocycles. The third-order valence-electron chi connectivity index (χ3n) is 8.10. The molecule has 3 atom stereocenters. The van der Waals surface area contributed by atoms with Gasteiger partial charge in [0.05, 0.1) is 6.04 Å². The van der Waals surface area contributed by atoms with E-state index in [9.17, 15) is 4.79 Å².